The van der Waals surface area contributed by atoms with Gasteiger partial charge in [-0.25, -0.2) is 9.18 Å². The first kappa shape index (κ1) is 15.7. The first-order valence-electron chi connectivity index (χ1n) is 5.30. The number of urea groups is 1. The summed E-state index contributed by atoms with van der Waals surface area (Å²) in [6, 6.07) is 2.49. The van der Waals surface area contributed by atoms with E-state index in [1.807, 2.05) is 0 Å². The molecule has 0 atom stereocenters. The molecule has 3 amide bonds. The summed E-state index contributed by atoms with van der Waals surface area (Å²) in [5.74, 6) is -2.99. The van der Waals surface area contributed by atoms with Crippen LogP contribution in [0.3, 0.4) is 0 Å². The van der Waals surface area contributed by atoms with Crippen LogP contribution < -0.4 is 11.1 Å². The molecule has 0 aliphatic carbocycles. The molecule has 9 heteroatoms. The number of anilines is 1. The van der Waals surface area contributed by atoms with Crippen LogP contribution in [-0.2, 0) is 9.59 Å². The second-order valence-electron chi connectivity index (χ2n) is 3.77. The molecule has 1 aromatic rings. The molecule has 0 heterocycles. The maximum atomic E-state index is 13.4. The van der Waals surface area contributed by atoms with Gasteiger partial charge in [-0.3, -0.25) is 9.59 Å². The Hall–Kier alpha value is -2.35. The molecule has 0 fully saturated rings. The number of nitrogens with zero attached hydrogens (tertiary/aromatic N) is 1. The lowest BCUT2D eigenvalue weighted by molar-refractivity contribution is -0.137. The lowest BCUT2D eigenvalue weighted by Gasteiger charge is -2.19. The van der Waals surface area contributed by atoms with Crippen LogP contribution in [0.1, 0.15) is 0 Å². The standard InChI is InChI=1S/C11H11ClFN3O4/c12-6-1-2-7(13)8(3-6)15-11(20)16(4-9(14)17)5-10(18)19/h1-3H,4-5H2,(H2,14,17)(H,15,20)(H,18,19). The molecule has 0 saturated heterocycles. The fourth-order valence-electron chi connectivity index (χ4n) is 1.34. The van der Waals surface area contributed by atoms with Crippen molar-refractivity contribution in [3.8, 4) is 0 Å². The molecular formula is C11H11ClFN3O4. The number of rotatable bonds is 5. The Bertz CT molecular complexity index is 536. The van der Waals surface area contributed by atoms with E-state index in [1.165, 1.54) is 6.07 Å². The van der Waals surface area contributed by atoms with Crippen LogP contribution in [0.15, 0.2) is 18.2 Å². The first-order valence-corrected chi connectivity index (χ1v) is 5.68. The van der Waals surface area contributed by atoms with Gasteiger partial charge in [0.15, 0.2) is 0 Å². The topological polar surface area (TPSA) is 113 Å². The van der Waals surface area contributed by atoms with Crippen LogP contribution in [-0.4, -0.2) is 41.0 Å². The number of hydrogen-bond donors (Lipinski definition) is 3. The third-order valence-electron chi connectivity index (χ3n) is 2.13. The van der Waals surface area contributed by atoms with E-state index in [1.54, 1.807) is 0 Å². The Morgan fingerprint density at radius 3 is 2.55 bits per heavy atom. The van der Waals surface area contributed by atoms with Crippen molar-refractivity contribution >= 4 is 35.2 Å². The molecule has 7 nitrogen and oxygen atoms in total. The van der Waals surface area contributed by atoms with Gasteiger partial charge >= 0.3 is 12.0 Å². The molecule has 1 aromatic carbocycles. The zero-order valence-corrected chi connectivity index (χ0v) is 10.9. The quantitative estimate of drug-likeness (QED) is 0.749. The van der Waals surface area contributed by atoms with Gasteiger partial charge in [0, 0.05) is 5.02 Å². The average molecular weight is 304 g/mol. The lowest BCUT2D eigenvalue weighted by Crippen LogP contribution is -2.43. The number of aliphatic carboxylic acids is 1. The highest BCUT2D eigenvalue weighted by Gasteiger charge is 2.20. The van der Waals surface area contributed by atoms with Crippen LogP contribution in [0.4, 0.5) is 14.9 Å². The summed E-state index contributed by atoms with van der Waals surface area (Å²) in [6.07, 6.45) is 0. The highest BCUT2D eigenvalue weighted by Crippen LogP contribution is 2.19. The summed E-state index contributed by atoms with van der Waals surface area (Å²) in [5, 5.41) is 10.9. The second-order valence-corrected chi connectivity index (χ2v) is 4.21. The summed E-state index contributed by atoms with van der Waals surface area (Å²) >= 11 is 5.65. The van der Waals surface area contributed by atoms with E-state index in [0.29, 0.717) is 4.90 Å². The summed E-state index contributed by atoms with van der Waals surface area (Å²) in [5.41, 5.74) is 4.67. The molecule has 0 aromatic heterocycles. The molecule has 0 unspecified atom stereocenters. The number of halogens is 2. The number of nitrogens with two attached hydrogens (primary N) is 1. The molecule has 0 aliphatic rings. The van der Waals surface area contributed by atoms with Gasteiger partial charge in [-0.2, -0.15) is 0 Å². The monoisotopic (exact) mass is 303 g/mol. The number of carbonyl (C=O) groups excluding carboxylic acids is 2. The summed E-state index contributed by atoms with van der Waals surface area (Å²) in [6.45, 7) is -1.36. The summed E-state index contributed by atoms with van der Waals surface area (Å²) in [7, 11) is 0. The minimum absolute atomic E-state index is 0.182. The predicted molar refractivity (Wildman–Crippen MR) is 68.8 cm³/mol. The Morgan fingerprint density at radius 2 is 2.00 bits per heavy atom. The number of hydrogen-bond acceptors (Lipinski definition) is 3. The van der Waals surface area contributed by atoms with Crippen molar-refractivity contribution in [3.63, 3.8) is 0 Å². The first-order chi connectivity index (χ1) is 9.29. The van der Waals surface area contributed by atoms with Gasteiger partial charge in [0.2, 0.25) is 5.91 Å². The van der Waals surface area contributed by atoms with E-state index in [2.05, 4.69) is 5.32 Å². The van der Waals surface area contributed by atoms with Gasteiger partial charge in [0.1, 0.15) is 18.9 Å². The van der Waals surface area contributed by atoms with Crippen molar-refractivity contribution in [2.24, 2.45) is 5.73 Å². The van der Waals surface area contributed by atoms with E-state index in [-0.39, 0.29) is 10.7 Å². The largest absolute Gasteiger partial charge is 0.480 e. The minimum atomic E-state index is -1.34. The fraction of sp³-hybridized carbons (Fsp3) is 0.182. The normalized spacial score (nSPS) is 9.90. The third kappa shape index (κ3) is 4.73. The Balaban J connectivity index is 2.86. The molecule has 0 saturated carbocycles. The second kappa shape index (κ2) is 6.71. The van der Waals surface area contributed by atoms with Crippen molar-refractivity contribution < 1.29 is 23.9 Å². The van der Waals surface area contributed by atoms with Crippen LogP contribution in [0.25, 0.3) is 0 Å². The number of carboxylic acids is 1. The van der Waals surface area contributed by atoms with E-state index < -0.39 is 36.8 Å². The van der Waals surface area contributed by atoms with Crippen molar-refractivity contribution in [1.29, 1.82) is 0 Å². The maximum Gasteiger partial charge on any atom is 0.323 e. The number of carboxylic acid groups (broad SMARTS) is 1. The van der Waals surface area contributed by atoms with Gasteiger partial charge in [-0.15, -0.1) is 0 Å². The Labute approximate surface area is 118 Å². The molecule has 1 rings (SSSR count). The average Bonchev–Trinajstić information content (AvgIpc) is 2.31. The van der Waals surface area contributed by atoms with Crippen LogP contribution in [0.5, 0.6) is 0 Å². The number of carbonyl (C=O) groups is 3. The van der Waals surface area contributed by atoms with Crippen molar-refractivity contribution in [1.82, 2.24) is 4.90 Å². The van der Waals surface area contributed by atoms with Crippen molar-refractivity contribution in [2.45, 2.75) is 0 Å². The third-order valence-corrected chi connectivity index (χ3v) is 2.37. The zero-order valence-electron chi connectivity index (χ0n) is 10.1. The summed E-state index contributed by atoms with van der Waals surface area (Å²) in [4.78, 5) is 33.8. The van der Waals surface area contributed by atoms with Gasteiger partial charge in [-0.05, 0) is 18.2 Å². The highest BCUT2D eigenvalue weighted by atomic mass is 35.5. The van der Waals surface area contributed by atoms with E-state index >= 15 is 0 Å². The van der Waals surface area contributed by atoms with Gasteiger partial charge in [-0.1, -0.05) is 11.6 Å². The molecule has 0 bridgehead atoms. The Kier molecular flexibility index (Phi) is 5.27. The number of amides is 3. The smallest absolute Gasteiger partial charge is 0.323 e. The molecular weight excluding hydrogens is 293 g/mol. The maximum absolute atomic E-state index is 13.4. The van der Waals surface area contributed by atoms with Crippen molar-refractivity contribution in [3.05, 3.63) is 29.0 Å². The van der Waals surface area contributed by atoms with Gasteiger partial charge in [0.25, 0.3) is 0 Å². The predicted octanol–water partition coefficient (Wildman–Crippen LogP) is 0.883. The summed E-state index contributed by atoms with van der Waals surface area (Å²) < 4.78 is 13.4. The molecule has 0 aliphatic heterocycles. The molecule has 20 heavy (non-hydrogen) atoms. The lowest BCUT2D eigenvalue weighted by atomic mass is 10.3. The van der Waals surface area contributed by atoms with Crippen LogP contribution in [0, 0.1) is 5.82 Å². The molecule has 0 spiro atoms. The number of benzene rings is 1. The van der Waals surface area contributed by atoms with Crippen molar-refractivity contribution in [2.75, 3.05) is 18.4 Å². The van der Waals surface area contributed by atoms with Crippen LogP contribution in [0.2, 0.25) is 5.02 Å². The highest BCUT2D eigenvalue weighted by molar-refractivity contribution is 6.30. The van der Waals surface area contributed by atoms with Gasteiger partial charge in [0.05, 0.1) is 5.69 Å². The van der Waals surface area contributed by atoms with E-state index in [0.717, 1.165) is 12.1 Å². The van der Waals surface area contributed by atoms with E-state index in [9.17, 15) is 18.8 Å². The Morgan fingerprint density at radius 1 is 1.35 bits per heavy atom. The van der Waals surface area contributed by atoms with Gasteiger partial charge < -0.3 is 21.1 Å². The molecule has 0 radical (unpaired) electrons. The minimum Gasteiger partial charge on any atom is -0.480 e. The fourth-order valence-corrected chi connectivity index (χ4v) is 1.51. The zero-order chi connectivity index (χ0) is 15.3. The molecule has 108 valence electrons. The molecule has 4 N–H and O–H groups in total. The van der Waals surface area contributed by atoms with E-state index in [4.69, 9.17) is 22.4 Å². The number of nitrogens with one attached hydrogen (secondary N) is 1. The SMILES string of the molecule is NC(=O)CN(CC(=O)O)C(=O)Nc1cc(Cl)ccc1F. The number of primary amides is 1. The van der Waals surface area contributed by atoms with Crippen LogP contribution >= 0.6 is 11.6 Å².